The van der Waals surface area contributed by atoms with Crippen LogP contribution in [0, 0.1) is 0 Å². The molecular formula is C46H29N3. The summed E-state index contributed by atoms with van der Waals surface area (Å²) in [5.41, 5.74) is 15.5. The summed E-state index contributed by atoms with van der Waals surface area (Å²) in [6.07, 6.45) is 0. The highest BCUT2D eigenvalue weighted by molar-refractivity contribution is 5.95. The summed E-state index contributed by atoms with van der Waals surface area (Å²) in [7, 11) is 0. The molecular weight excluding hydrogens is 595 g/mol. The van der Waals surface area contributed by atoms with Gasteiger partial charge in [-0.05, 0) is 61.7 Å². The molecule has 3 nitrogen and oxygen atoms in total. The Labute approximate surface area is 285 Å². The highest BCUT2D eigenvalue weighted by Gasteiger charge is 2.51. The molecule has 0 unspecified atom stereocenters. The summed E-state index contributed by atoms with van der Waals surface area (Å²) < 4.78 is 0. The van der Waals surface area contributed by atoms with Crippen LogP contribution in [0.1, 0.15) is 22.3 Å². The molecule has 1 heterocycles. The zero-order chi connectivity index (χ0) is 32.4. The maximum absolute atomic E-state index is 4.94. The molecule has 10 rings (SSSR count). The van der Waals surface area contributed by atoms with E-state index in [0.717, 1.165) is 22.3 Å². The van der Waals surface area contributed by atoms with Crippen LogP contribution in [0.4, 0.5) is 0 Å². The molecule has 49 heavy (non-hydrogen) atoms. The average molecular weight is 624 g/mol. The molecule has 3 heteroatoms. The summed E-state index contributed by atoms with van der Waals surface area (Å²) in [5.74, 6) is 1.98. The normalized spacial score (nSPS) is 13.1. The number of benzene rings is 7. The zero-order valence-corrected chi connectivity index (χ0v) is 26.6. The molecule has 0 aliphatic heterocycles. The molecule has 0 saturated carbocycles. The topological polar surface area (TPSA) is 38.7 Å². The van der Waals surface area contributed by atoms with Gasteiger partial charge >= 0.3 is 0 Å². The monoisotopic (exact) mass is 623 g/mol. The van der Waals surface area contributed by atoms with Crippen LogP contribution >= 0.6 is 0 Å². The highest BCUT2D eigenvalue weighted by Crippen LogP contribution is 2.63. The van der Waals surface area contributed by atoms with Gasteiger partial charge in [0.2, 0.25) is 0 Å². The Hall–Kier alpha value is -6.45. The van der Waals surface area contributed by atoms with Crippen molar-refractivity contribution in [3.05, 3.63) is 198 Å². The van der Waals surface area contributed by atoms with Crippen LogP contribution in [-0.2, 0) is 5.41 Å². The Morgan fingerprint density at radius 1 is 0.265 bits per heavy atom. The Morgan fingerprint density at radius 2 is 0.612 bits per heavy atom. The first-order valence-corrected chi connectivity index (χ1v) is 16.7. The van der Waals surface area contributed by atoms with Crippen molar-refractivity contribution in [2.75, 3.05) is 0 Å². The van der Waals surface area contributed by atoms with E-state index < -0.39 is 0 Å². The van der Waals surface area contributed by atoms with Gasteiger partial charge in [0.05, 0.1) is 5.41 Å². The predicted molar refractivity (Wildman–Crippen MR) is 198 cm³/mol. The Kier molecular flexibility index (Phi) is 6.09. The molecule has 0 atom stereocenters. The van der Waals surface area contributed by atoms with E-state index in [4.69, 9.17) is 15.0 Å². The van der Waals surface area contributed by atoms with Crippen LogP contribution < -0.4 is 0 Å². The van der Waals surface area contributed by atoms with Crippen LogP contribution in [0.15, 0.2) is 176 Å². The summed E-state index contributed by atoms with van der Waals surface area (Å²) in [5, 5.41) is 0. The van der Waals surface area contributed by atoms with Crippen LogP contribution in [0.3, 0.4) is 0 Å². The molecule has 8 aromatic rings. The molecule has 228 valence electrons. The Morgan fingerprint density at radius 3 is 1.08 bits per heavy atom. The molecule has 0 radical (unpaired) electrons. The van der Waals surface area contributed by atoms with E-state index in [1.807, 2.05) is 60.7 Å². The first kappa shape index (κ1) is 27.6. The van der Waals surface area contributed by atoms with Gasteiger partial charge in [-0.25, -0.2) is 15.0 Å². The fraction of sp³-hybridized carbons (Fsp3) is 0.0217. The molecule has 7 aromatic carbocycles. The summed E-state index contributed by atoms with van der Waals surface area (Å²) >= 11 is 0. The third-order valence-corrected chi connectivity index (χ3v) is 10.2. The van der Waals surface area contributed by atoms with E-state index in [9.17, 15) is 0 Å². The quantitative estimate of drug-likeness (QED) is 0.196. The lowest BCUT2D eigenvalue weighted by atomic mass is 9.70. The van der Waals surface area contributed by atoms with Crippen LogP contribution in [0.5, 0.6) is 0 Å². The van der Waals surface area contributed by atoms with Crippen molar-refractivity contribution in [1.82, 2.24) is 15.0 Å². The lowest BCUT2D eigenvalue weighted by Gasteiger charge is -2.30. The second-order valence-electron chi connectivity index (χ2n) is 12.8. The molecule has 0 fully saturated rings. The first-order valence-electron chi connectivity index (χ1n) is 16.7. The van der Waals surface area contributed by atoms with Crippen molar-refractivity contribution in [3.63, 3.8) is 0 Å². The van der Waals surface area contributed by atoms with Gasteiger partial charge in [-0.1, -0.05) is 170 Å². The van der Waals surface area contributed by atoms with Gasteiger partial charge in [0.1, 0.15) is 0 Å². The summed E-state index contributed by atoms with van der Waals surface area (Å²) in [4.78, 5) is 14.7. The third kappa shape index (κ3) is 4.12. The minimum absolute atomic E-state index is 0.360. The smallest absolute Gasteiger partial charge is 0.164 e. The average Bonchev–Trinajstić information content (AvgIpc) is 3.66. The van der Waals surface area contributed by atoms with Gasteiger partial charge < -0.3 is 0 Å². The van der Waals surface area contributed by atoms with Crippen molar-refractivity contribution >= 4 is 0 Å². The molecule has 0 amide bonds. The Bertz CT molecular complexity index is 2420. The van der Waals surface area contributed by atoms with Gasteiger partial charge in [-0.3, -0.25) is 0 Å². The largest absolute Gasteiger partial charge is 0.208 e. The van der Waals surface area contributed by atoms with Gasteiger partial charge in [0.25, 0.3) is 0 Å². The SMILES string of the molecule is c1ccc(-c2nc(-c3ccccc3)nc(-c3ccc(-c4ccc5c(c4)C4(c6ccccc6-c6ccccc64)c4ccccc4-5)cc3)n2)cc1. The minimum Gasteiger partial charge on any atom is -0.208 e. The van der Waals surface area contributed by atoms with E-state index in [-0.39, 0.29) is 5.41 Å². The maximum Gasteiger partial charge on any atom is 0.164 e. The van der Waals surface area contributed by atoms with Crippen LogP contribution in [0.25, 0.3) is 67.5 Å². The van der Waals surface area contributed by atoms with E-state index >= 15 is 0 Å². The Balaban J connectivity index is 1.10. The lowest BCUT2D eigenvalue weighted by Crippen LogP contribution is -2.25. The number of hydrogen-bond acceptors (Lipinski definition) is 3. The number of nitrogens with zero attached hydrogens (tertiary/aromatic N) is 3. The van der Waals surface area contributed by atoms with Crippen LogP contribution in [0.2, 0.25) is 0 Å². The second-order valence-corrected chi connectivity index (χ2v) is 12.8. The second kappa shape index (κ2) is 10.8. The maximum atomic E-state index is 4.94. The van der Waals surface area contributed by atoms with E-state index in [2.05, 4.69) is 115 Å². The molecule has 0 bridgehead atoms. The van der Waals surface area contributed by atoms with E-state index in [1.54, 1.807) is 0 Å². The predicted octanol–water partition coefficient (Wildman–Crippen LogP) is 10.9. The highest BCUT2D eigenvalue weighted by atomic mass is 15.0. The first-order chi connectivity index (χ1) is 24.3. The lowest BCUT2D eigenvalue weighted by molar-refractivity contribution is 0.794. The van der Waals surface area contributed by atoms with Crippen molar-refractivity contribution < 1.29 is 0 Å². The molecule has 0 saturated heterocycles. The number of fused-ring (bicyclic) bond motifs is 10. The number of rotatable bonds is 4. The fourth-order valence-electron chi connectivity index (χ4n) is 8.02. The van der Waals surface area contributed by atoms with Gasteiger partial charge in [-0.2, -0.15) is 0 Å². The fourth-order valence-corrected chi connectivity index (χ4v) is 8.02. The zero-order valence-electron chi connectivity index (χ0n) is 26.6. The van der Waals surface area contributed by atoms with Crippen molar-refractivity contribution in [3.8, 4) is 67.5 Å². The third-order valence-electron chi connectivity index (χ3n) is 10.2. The number of hydrogen-bond donors (Lipinski definition) is 0. The van der Waals surface area contributed by atoms with Gasteiger partial charge in [0, 0.05) is 16.7 Å². The van der Waals surface area contributed by atoms with Crippen molar-refractivity contribution in [2.45, 2.75) is 5.41 Å². The van der Waals surface area contributed by atoms with Crippen molar-refractivity contribution in [1.29, 1.82) is 0 Å². The molecule has 0 N–H and O–H groups in total. The van der Waals surface area contributed by atoms with E-state index in [1.165, 1.54) is 50.1 Å². The molecule has 1 aromatic heterocycles. The van der Waals surface area contributed by atoms with Gasteiger partial charge in [-0.15, -0.1) is 0 Å². The minimum atomic E-state index is -0.360. The summed E-state index contributed by atoms with van der Waals surface area (Å²) in [6.45, 7) is 0. The molecule has 2 aliphatic carbocycles. The van der Waals surface area contributed by atoms with Gasteiger partial charge in [0.15, 0.2) is 17.5 Å². The number of aromatic nitrogens is 3. The van der Waals surface area contributed by atoms with E-state index in [0.29, 0.717) is 17.5 Å². The van der Waals surface area contributed by atoms with Crippen LogP contribution in [-0.4, -0.2) is 15.0 Å². The van der Waals surface area contributed by atoms with Crippen molar-refractivity contribution in [2.24, 2.45) is 0 Å². The molecule has 2 aliphatic rings. The standard InChI is InChI=1S/C46H29N3/c1-3-13-31(14-4-1)43-47-44(32-15-5-2-6-16-32)49-45(48-43)33-25-23-30(24-26-33)34-27-28-38-37-19-9-12-22-41(37)46(42(38)29-34)39-20-10-7-17-35(39)36-18-8-11-21-40(36)46/h1-29H. The summed E-state index contributed by atoms with van der Waals surface area (Å²) in [6, 6.07) is 62.7. The molecule has 1 spiro atoms.